The average Bonchev–Trinajstić information content (AvgIpc) is 3.76. The number of amides is 1. The third kappa shape index (κ3) is 7.71. The maximum atomic E-state index is 13.9. The molecule has 5 rings (SSSR count). The largest absolute Gasteiger partial charge is 0.443 e. The summed E-state index contributed by atoms with van der Waals surface area (Å²) in [5.41, 5.74) is 2.17. The Hall–Kier alpha value is -2.34. The SMILES string of the molecule is CC[C@H]1CC2CC(OC2O)C1OC(=O)N[C@@H](Cc1ccccc1)[C@H](O)CN(CC(C)C)S(=O)c1ccc(C2(NC)CC2)cc1. The van der Waals surface area contributed by atoms with Crippen molar-refractivity contribution in [3.8, 4) is 0 Å². The van der Waals surface area contributed by atoms with Crippen LogP contribution in [0.25, 0.3) is 0 Å². The molecule has 9 nitrogen and oxygen atoms in total. The summed E-state index contributed by atoms with van der Waals surface area (Å²) in [7, 11) is 0.470. The number of nitrogens with one attached hydrogen (secondary N) is 2. The maximum absolute atomic E-state index is 13.9. The number of hydrogen-bond donors (Lipinski definition) is 4. The van der Waals surface area contributed by atoms with Gasteiger partial charge in [0.1, 0.15) is 17.1 Å². The summed E-state index contributed by atoms with van der Waals surface area (Å²) in [4.78, 5) is 14.0. The minimum atomic E-state index is -1.50. The van der Waals surface area contributed by atoms with E-state index in [0.29, 0.717) is 24.3 Å². The lowest BCUT2D eigenvalue weighted by molar-refractivity contribution is -0.125. The van der Waals surface area contributed by atoms with Crippen molar-refractivity contribution >= 4 is 17.1 Å². The van der Waals surface area contributed by atoms with Crippen molar-refractivity contribution in [1.82, 2.24) is 14.9 Å². The van der Waals surface area contributed by atoms with E-state index in [1.165, 1.54) is 5.56 Å². The molecular weight excluding hydrogens is 578 g/mol. The fourth-order valence-corrected chi connectivity index (χ4v) is 8.23. The maximum Gasteiger partial charge on any atom is 0.407 e. The number of carbonyl (C=O) groups is 1. The van der Waals surface area contributed by atoms with Crippen LogP contribution >= 0.6 is 0 Å². The highest BCUT2D eigenvalue weighted by molar-refractivity contribution is 7.82. The number of hydrogen-bond acceptors (Lipinski definition) is 7. The summed E-state index contributed by atoms with van der Waals surface area (Å²) in [5.74, 6) is 0.373. The molecule has 1 amide bonds. The fraction of sp³-hybridized carbons (Fsp3) is 0.618. The zero-order valence-corrected chi connectivity index (χ0v) is 27.2. The van der Waals surface area contributed by atoms with E-state index in [-0.39, 0.29) is 35.9 Å². The average molecular weight is 628 g/mol. The summed E-state index contributed by atoms with van der Waals surface area (Å²) in [5, 5.41) is 28.2. The van der Waals surface area contributed by atoms with Gasteiger partial charge >= 0.3 is 6.09 Å². The number of aliphatic hydroxyl groups is 2. The summed E-state index contributed by atoms with van der Waals surface area (Å²) < 4.78 is 27.3. The van der Waals surface area contributed by atoms with Crippen molar-refractivity contribution in [3.63, 3.8) is 0 Å². The summed E-state index contributed by atoms with van der Waals surface area (Å²) in [6.07, 6.45) is 1.51. The first-order valence-corrected chi connectivity index (χ1v) is 17.2. The first-order valence-electron chi connectivity index (χ1n) is 16.1. The van der Waals surface area contributed by atoms with Gasteiger partial charge in [0.2, 0.25) is 0 Å². The molecule has 3 fully saturated rings. The third-order valence-electron chi connectivity index (χ3n) is 9.55. The van der Waals surface area contributed by atoms with Gasteiger partial charge in [0.15, 0.2) is 6.29 Å². The second-order valence-electron chi connectivity index (χ2n) is 13.2. The lowest BCUT2D eigenvalue weighted by Crippen LogP contribution is -2.52. The molecule has 1 heterocycles. The van der Waals surface area contributed by atoms with Crippen LogP contribution in [0.4, 0.5) is 4.79 Å². The first kappa shape index (κ1) is 33.0. The van der Waals surface area contributed by atoms with E-state index in [0.717, 1.165) is 31.2 Å². The van der Waals surface area contributed by atoms with Crippen LogP contribution in [0.5, 0.6) is 0 Å². The summed E-state index contributed by atoms with van der Waals surface area (Å²) >= 11 is 0. The molecule has 5 unspecified atom stereocenters. The molecule has 10 heteroatoms. The minimum Gasteiger partial charge on any atom is -0.443 e. The Labute approximate surface area is 264 Å². The standard InChI is InChI=1S/C34H49N3O6S/c1-5-24-18-25-19-30(42-32(25)39)31(24)43-33(40)36-28(17-23-9-7-6-8-10-23)29(38)21-37(20-22(2)3)44(41)27-13-11-26(12-14-27)34(35-4)15-16-34/h6-14,22,24-25,28-32,35,38-39H,5,15-21H2,1-4H3,(H,36,40)/t24-,25?,28-,29+,30?,31?,32?,44?/m0/s1. The lowest BCUT2D eigenvalue weighted by atomic mass is 9.78. The normalized spacial score (nSPS) is 27.6. The number of aliphatic hydroxyl groups excluding tert-OH is 2. The van der Waals surface area contributed by atoms with Crippen molar-refractivity contribution in [3.05, 3.63) is 65.7 Å². The van der Waals surface area contributed by atoms with Gasteiger partial charge in [0.05, 0.1) is 23.1 Å². The van der Waals surface area contributed by atoms with Gasteiger partial charge in [-0.2, -0.15) is 0 Å². The van der Waals surface area contributed by atoms with Crippen LogP contribution in [0.1, 0.15) is 64.0 Å². The molecule has 8 atom stereocenters. The van der Waals surface area contributed by atoms with Crippen LogP contribution in [0.3, 0.4) is 0 Å². The predicted molar refractivity (Wildman–Crippen MR) is 170 cm³/mol. The minimum absolute atomic E-state index is 0.0267. The van der Waals surface area contributed by atoms with Crippen LogP contribution < -0.4 is 10.6 Å². The van der Waals surface area contributed by atoms with Crippen molar-refractivity contribution in [1.29, 1.82) is 0 Å². The van der Waals surface area contributed by atoms with E-state index in [4.69, 9.17) is 9.47 Å². The monoisotopic (exact) mass is 627 g/mol. The van der Waals surface area contributed by atoms with Crippen LogP contribution in [-0.2, 0) is 32.4 Å². The Balaban J connectivity index is 1.30. The van der Waals surface area contributed by atoms with Gasteiger partial charge in [-0.1, -0.05) is 63.2 Å². The Kier molecular flexibility index (Phi) is 10.8. The molecule has 1 aliphatic heterocycles. The number of alkyl carbamates (subject to hydrolysis) is 1. The molecule has 242 valence electrons. The van der Waals surface area contributed by atoms with E-state index in [2.05, 4.69) is 31.4 Å². The van der Waals surface area contributed by atoms with Crippen LogP contribution in [0, 0.1) is 17.8 Å². The molecular formula is C34H49N3O6S. The molecule has 44 heavy (non-hydrogen) atoms. The van der Waals surface area contributed by atoms with E-state index in [1.54, 1.807) is 4.31 Å². The van der Waals surface area contributed by atoms with Crippen LogP contribution in [0.2, 0.25) is 0 Å². The highest BCUT2D eigenvalue weighted by Crippen LogP contribution is 2.45. The number of rotatable bonds is 14. The Morgan fingerprint density at radius 3 is 2.43 bits per heavy atom. The van der Waals surface area contributed by atoms with Gasteiger partial charge in [0.25, 0.3) is 0 Å². The van der Waals surface area contributed by atoms with Gasteiger partial charge in [0, 0.05) is 24.5 Å². The third-order valence-corrected chi connectivity index (χ3v) is 11.0. The number of benzene rings is 2. The van der Waals surface area contributed by atoms with Crippen molar-refractivity contribution < 1.29 is 28.7 Å². The van der Waals surface area contributed by atoms with E-state index in [1.807, 2.05) is 61.6 Å². The zero-order valence-electron chi connectivity index (χ0n) is 26.4. The Morgan fingerprint density at radius 1 is 1.11 bits per heavy atom. The molecule has 0 radical (unpaired) electrons. The van der Waals surface area contributed by atoms with Crippen LogP contribution in [0.15, 0.2) is 59.5 Å². The highest BCUT2D eigenvalue weighted by atomic mass is 32.2. The topological polar surface area (TPSA) is 120 Å². The molecule has 3 aliphatic rings. The predicted octanol–water partition coefficient (Wildman–Crippen LogP) is 4.10. The number of ether oxygens (including phenoxy) is 2. The molecule has 2 aromatic rings. The second kappa shape index (κ2) is 14.4. The van der Waals surface area contributed by atoms with Crippen molar-refractivity contribution in [2.75, 3.05) is 20.1 Å². The van der Waals surface area contributed by atoms with Crippen LogP contribution in [-0.4, -0.2) is 75.6 Å². The van der Waals surface area contributed by atoms with E-state index < -0.39 is 41.6 Å². The molecule has 2 aromatic carbocycles. The van der Waals surface area contributed by atoms with E-state index in [9.17, 15) is 19.2 Å². The van der Waals surface area contributed by atoms with Crippen molar-refractivity contribution in [2.45, 2.75) is 100 Å². The quantitative estimate of drug-likeness (QED) is 0.249. The molecule has 2 bridgehead atoms. The van der Waals surface area contributed by atoms with Gasteiger partial charge in [-0.25, -0.2) is 13.3 Å². The lowest BCUT2D eigenvalue weighted by Gasteiger charge is -2.35. The van der Waals surface area contributed by atoms with E-state index >= 15 is 0 Å². The fourth-order valence-electron chi connectivity index (χ4n) is 6.84. The van der Waals surface area contributed by atoms with Crippen molar-refractivity contribution in [2.24, 2.45) is 17.8 Å². The molecule has 0 aromatic heterocycles. The molecule has 2 aliphatic carbocycles. The number of fused-ring (bicyclic) bond motifs is 2. The molecule has 4 N–H and O–H groups in total. The summed E-state index contributed by atoms with van der Waals surface area (Å²) in [6, 6.07) is 16.9. The number of nitrogens with zero attached hydrogens (tertiary/aromatic N) is 1. The molecule has 0 spiro atoms. The van der Waals surface area contributed by atoms with Gasteiger partial charge < -0.3 is 30.3 Å². The number of carbonyl (C=O) groups excluding carboxylic acids is 1. The molecule has 2 saturated carbocycles. The summed E-state index contributed by atoms with van der Waals surface area (Å²) in [6.45, 7) is 6.78. The van der Waals surface area contributed by atoms with Gasteiger partial charge in [-0.15, -0.1) is 0 Å². The first-order chi connectivity index (χ1) is 21.1. The highest BCUT2D eigenvalue weighted by Gasteiger charge is 2.49. The second-order valence-corrected chi connectivity index (χ2v) is 14.7. The molecule has 1 saturated heterocycles. The van der Waals surface area contributed by atoms with Gasteiger partial charge in [-0.3, -0.25) is 0 Å². The smallest absolute Gasteiger partial charge is 0.407 e. The van der Waals surface area contributed by atoms with Gasteiger partial charge in [-0.05, 0) is 80.7 Å². The zero-order chi connectivity index (χ0) is 31.4. The Morgan fingerprint density at radius 2 is 1.82 bits per heavy atom. The Bertz CT molecular complexity index is 1250.